The second-order valence-corrected chi connectivity index (χ2v) is 12.2. The summed E-state index contributed by atoms with van der Waals surface area (Å²) < 4.78 is 7.03. The van der Waals surface area contributed by atoms with Crippen LogP contribution in [0.3, 0.4) is 0 Å². The minimum Gasteiger partial charge on any atom is -0.393 e. The summed E-state index contributed by atoms with van der Waals surface area (Å²) in [5.41, 5.74) is 5.25. The van der Waals surface area contributed by atoms with Crippen molar-refractivity contribution in [2.24, 2.45) is 35.0 Å². The average Bonchev–Trinajstić information content (AvgIpc) is 3.23. The van der Waals surface area contributed by atoms with Crippen LogP contribution in [0.15, 0.2) is 22.8 Å². The molecule has 0 bridgehead atoms. The zero-order chi connectivity index (χ0) is 20.8. The molecule has 2 aliphatic heterocycles. The molecule has 30 heavy (non-hydrogen) atoms. The van der Waals surface area contributed by atoms with Crippen molar-refractivity contribution in [2.45, 2.75) is 103 Å². The molecule has 0 aromatic heterocycles. The zero-order valence-corrected chi connectivity index (χ0v) is 19.4. The van der Waals surface area contributed by atoms with Crippen LogP contribution in [0, 0.1) is 35.0 Å². The van der Waals surface area contributed by atoms with Gasteiger partial charge >= 0.3 is 0 Å². The summed E-state index contributed by atoms with van der Waals surface area (Å²) >= 11 is 0. The highest BCUT2D eigenvalue weighted by molar-refractivity contribution is 5.38. The quantitative estimate of drug-likeness (QED) is 0.551. The Morgan fingerprint density at radius 2 is 2.00 bits per heavy atom. The Balaban J connectivity index is 1.34. The molecular formula is C27H41NO2. The van der Waals surface area contributed by atoms with E-state index in [0.717, 1.165) is 43.1 Å². The van der Waals surface area contributed by atoms with E-state index in [9.17, 15) is 5.11 Å². The lowest BCUT2D eigenvalue weighted by atomic mass is 9.56. The first-order valence-electron chi connectivity index (χ1n) is 12.8. The predicted molar refractivity (Wildman–Crippen MR) is 120 cm³/mol. The summed E-state index contributed by atoms with van der Waals surface area (Å²) in [4.78, 5) is 0. The van der Waals surface area contributed by atoms with E-state index in [2.05, 4.69) is 39.1 Å². The molecule has 6 aliphatic rings. The molecule has 2 saturated heterocycles. The summed E-state index contributed by atoms with van der Waals surface area (Å²) in [6.07, 6.45) is 12.2. The number of fused-ring (bicyclic) bond motifs is 6. The number of aliphatic hydroxyl groups is 1. The normalized spacial score (nSPS) is 55.0. The number of nitrogens with one attached hydrogen (secondary N) is 1. The molecule has 10 atom stereocenters. The molecule has 9 unspecified atom stereocenters. The number of hydrogen-bond acceptors (Lipinski definition) is 3. The van der Waals surface area contributed by atoms with Gasteiger partial charge in [0.25, 0.3) is 0 Å². The Morgan fingerprint density at radius 3 is 2.83 bits per heavy atom. The van der Waals surface area contributed by atoms with Gasteiger partial charge in [-0.15, -0.1) is 0 Å². The van der Waals surface area contributed by atoms with Crippen molar-refractivity contribution in [1.82, 2.24) is 5.32 Å². The Bertz CT molecular complexity index is 801. The molecule has 0 amide bonds. The van der Waals surface area contributed by atoms with Gasteiger partial charge in [-0.25, -0.2) is 0 Å². The van der Waals surface area contributed by atoms with E-state index < -0.39 is 0 Å². The molecule has 3 heteroatoms. The summed E-state index contributed by atoms with van der Waals surface area (Å²) in [5.74, 6) is 3.64. The number of rotatable bonds is 0. The zero-order valence-electron chi connectivity index (χ0n) is 19.4. The molecule has 2 N–H and O–H groups in total. The van der Waals surface area contributed by atoms with Gasteiger partial charge in [-0.3, -0.25) is 0 Å². The SMILES string of the molecule is CC1=C2CC3C(CC=C4CC(O)CCC43C)C2CCC12OC1CC(C)CNC1[C@H]2C. The molecule has 4 aliphatic carbocycles. The van der Waals surface area contributed by atoms with Crippen molar-refractivity contribution in [3.8, 4) is 0 Å². The molecular weight excluding hydrogens is 370 g/mol. The smallest absolute Gasteiger partial charge is 0.0937 e. The third kappa shape index (κ3) is 2.55. The third-order valence-corrected chi connectivity index (χ3v) is 10.9. The number of aliphatic hydroxyl groups excluding tert-OH is 1. The highest BCUT2D eigenvalue weighted by atomic mass is 16.5. The summed E-state index contributed by atoms with van der Waals surface area (Å²) in [5, 5.41) is 14.1. The fourth-order valence-electron chi connectivity index (χ4n) is 9.09. The molecule has 1 spiro atoms. The van der Waals surface area contributed by atoms with E-state index in [-0.39, 0.29) is 11.7 Å². The maximum atomic E-state index is 10.3. The highest BCUT2D eigenvalue weighted by Gasteiger charge is 2.60. The summed E-state index contributed by atoms with van der Waals surface area (Å²) in [6, 6.07) is 0.530. The molecule has 3 nitrogen and oxygen atoms in total. The Morgan fingerprint density at radius 1 is 1.17 bits per heavy atom. The van der Waals surface area contributed by atoms with Gasteiger partial charge in [0, 0.05) is 12.0 Å². The Hall–Kier alpha value is -0.640. The van der Waals surface area contributed by atoms with Gasteiger partial charge in [0.2, 0.25) is 0 Å². The maximum absolute atomic E-state index is 10.3. The lowest BCUT2D eigenvalue weighted by Gasteiger charge is -2.49. The fourth-order valence-corrected chi connectivity index (χ4v) is 9.09. The van der Waals surface area contributed by atoms with Crippen LogP contribution in [0.4, 0.5) is 0 Å². The lowest BCUT2D eigenvalue weighted by Crippen LogP contribution is -2.49. The summed E-state index contributed by atoms with van der Waals surface area (Å²) in [6.45, 7) is 10.9. The first-order chi connectivity index (χ1) is 14.3. The second kappa shape index (κ2) is 6.68. The van der Waals surface area contributed by atoms with Crippen molar-refractivity contribution in [1.29, 1.82) is 0 Å². The molecule has 0 aromatic rings. The first-order valence-corrected chi connectivity index (χ1v) is 12.8. The van der Waals surface area contributed by atoms with Crippen LogP contribution in [-0.4, -0.2) is 35.5 Å². The second-order valence-electron chi connectivity index (χ2n) is 12.2. The molecule has 2 heterocycles. The third-order valence-electron chi connectivity index (χ3n) is 10.9. The van der Waals surface area contributed by atoms with Crippen LogP contribution in [0.1, 0.15) is 79.1 Å². The average molecular weight is 412 g/mol. The molecule has 2 saturated carbocycles. The van der Waals surface area contributed by atoms with Crippen molar-refractivity contribution in [2.75, 3.05) is 6.54 Å². The van der Waals surface area contributed by atoms with Gasteiger partial charge in [-0.2, -0.15) is 0 Å². The standard InChI is InChI=1S/C27H41NO2/c1-15-11-24-25(28-14-15)17(3)27(30-24)10-8-20-21-6-5-18-12-19(29)7-9-26(18,4)23(21)13-22(20)16(27)2/h5,15,17,19-21,23-25,28-29H,6-14H2,1-4H3/t15?,17-,19?,20?,21?,23?,24?,25?,26?,27?/m1/s1. The summed E-state index contributed by atoms with van der Waals surface area (Å²) in [7, 11) is 0. The van der Waals surface area contributed by atoms with E-state index in [1.54, 1.807) is 16.7 Å². The van der Waals surface area contributed by atoms with Crippen LogP contribution < -0.4 is 5.32 Å². The van der Waals surface area contributed by atoms with E-state index in [1.165, 1.54) is 38.5 Å². The van der Waals surface area contributed by atoms with Crippen LogP contribution in [0.5, 0.6) is 0 Å². The minimum atomic E-state index is -0.111. The molecule has 0 aromatic carbocycles. The van der Waals surface area contributed by atoms with Crippen LogP contribution in [0.2, 0.25) is 0 Å². The molecule has 166 valence electrons. The van der Waals surface area contributed by atoms with Gasteiger partial charge in [-0.05, 0) is 99.5 Å². The van der Waals surface area contributed by atoms with E-state index in [0.29, 0.717) is 23.5 Å². The van der Waals surface area contributed by atoms with Crippen LogP contribution in [-0.2, 0) is 4.74 Å². The van der Waals surface area contributed by atoms with E-state index in [1.807, 2.05) is 0 Å². The molecule has 0 radical (unpaired) electrons. The van der Waals surface area contributed by atoms with Gasteiger partial charge in [0.05, 0.1) is 17.8 Å². The van der Waals surface area contributed by atoms with Crippen molar-refractivity contribution >= 4 is 0 Å². The Kier molecular flexibility index (Phi) is 4.46. The van der Waals surface area contributed by atoms with Crippen molar-refractivity contribution < 1.29 is 9.84 Å². The van der Waals surface area contributed by atoms with Crippen LogP contribution in [0.25, 0.3) is 0 Å². The monoisotopic (exact) mass is 411 g/mol. The number of piperidine rings is 1. The van der Waals surface area contributed by atoms with Gasteiger partial charge < -0.3 is 15.2 Å². The fraction of sp³-hybridized carbons (Fsp3) is 0.852. The van der Waals surface area contributed by atoms with Crippen LogP contribution >= 0.6 is 0 Å². The number of allylic oxidation sites excluding steroid dienone is 2. The first kappa shape index (κ1) is 20.0. The molecule has 6 rings (SSSR count). The number of ether oxygens (including phenoxy) is 1. The van der Waals surface area contributed by atoms with Gasteiger partial charge in [-0.1, -0.05) is 38.0 Å². The van der Waals surface area contributed by atoms with Crippen molar-refractivity contribution in [3.63, 3.8) is 0 Å². The van der Waals surface area contributed by atoms with Crippen molar-refractivity contribution in [3.05, 3.63) is 22.8 Å². The Labute approximate surface area is 182 Å². The topological polar surface area (TPSA) is 41.5 Å². The van der Waals surface area contributed by atoms with E-state index >= 15 is 0 Å². The number of hydrogen-bond donors (Lipinski definition) is 2. The van der Waals surface area contributed by atoms with Gasteiger partial charge in [0.15, 0.2) is 0 Å². The molecule has 4 fully saturated rings. The van der Waals surface area contributed by atoms with Gasteiger partial charge in [0.1, 0.15) is 0 Å². The maximum Gasteiger partial charge on any atom is 0.0937 e. The highest BCUT2D eigenvalue weighted by Crippen LogP contribution is 2.65. The largest absolute Gasteiger partial charge is 0.393 e. The lowest BCUT2D eigenvalue weighted by molar-refractivity contribution is -0.0549. The predicted octanol–water partition coefficient (Wildman–Crippen LogP) is 5.00. The van der Waals surface area contributed by atoms with E-state index in [4.69, 9.17) is 4.74 Å². The minimum absolute atomic E-state index is 0.0222.